The highest BCUT2D eigenvalue weighted by atomic mass is 35.5. The Hall–Kier alpha value is -3.58. The van der Waals surface area contributed by atoms with Gasteiger partial charge in [0.05, 0.1) is 18.7 Å². The van der Waals surface area contributed by atoms with Crippen LogP contribution in [0.4, 0.5) is 16.3 Å². The van der Waals surface area contributed by atoms with Gasteiger partial charge in [-0.1, -0.05) is 43.8 Å². The lowest BCUT2D eigenvalue weighted by Gasteiger charge is -2.14. The molecule has 0 saturated heterocycles. The van der Waals surface area contributed by atoms with Gasteiger partial charge in [-0.3, -0.25) is 5.32 Å². The minimum atomic E-state index is -0.428. The van der Waals surface area contributed by atoms with E-state index in [1.807, 2.05) is 51.1 Å². The molecule has 0 aliphatic heterocycles. The van der Waals surface area contributed by atoms with Crippen LogP contribution >= 0.6 is 24.2 Å². The molecule has 0 bridgehead atoms. The number of carbonyl (C=O) groups excluding carboxylic acids is 1. The number of anilines is 2. The van der Waals surface area contributed by atoms with E-state index < -0.39 is 6.03 Å². The molecule has 2 heterocycles. The number of halogens is 1. The number of amides is 2. The lowest BCUT2D eigenvalue weighted by atomic mass is 9.93. The number of nitrogens with zero attached hydrogens (tertiary/aromatic N) is 3. The predicted molar refractivity (Wildman–Crippen MR) is 160 cm³/mol. The topological polar surface area (TPSA) is 130 Å². The van der Waals surface area contributed by atoms with Crippen LogP contribution in [-0.2, 0) is 14.9 Å². The maximum Gasteiger partial charge on any atom is 0.324 e. The Bertz CT molecular complexity index is 1450. The van der Waals surface area contributed by atoms with Gasteiger partial charge in [-0.15, -0.1) is 12.4 Å². The summed E-state index contributed by atoms with van der Waals surface area (Å²) in [5.41, 5.74) is 1.10. The molecule has 11 nitrogen and oxygen atoms in total. The fourth-order valence-electron chi connectivity index (χ4n) is 3.53. The molecular weight excluding hydrogens is 570 g/mol. The summed E-state index contributed by atoms with van der Waals surface area (Å²) in [5, 5.41) is 11.0. The van der Waals surface area contributed by atoms with Crippen LogP contribution in [0.1, 0.15) is 26.5 Å². The second-order valence-corrected chi connectivity index (χ2v) is 10.8. The normalized spacial score (nSPS) is 11.1. The molecule has 2 aromatic heterocycles. The Balaban J connectivity index is 0.00000462. The first kappa shape index (κ1) is 31.9. The third-order valence-corrected chi connectivity index (χ3v) is 6.56. The Morgan fingerprint density at radius 1 is 0.927 bits per heavy atom. The van der Waals surface area contributed by atoms with Crippen molar-refractivity contribution in [3.63, 3.8) is 0 Å². The standard InChI is InChI=1S/C28H33N5O6S.ClH/c1-28(2,3)24-16-25(33-39-24)32-27(34)31-18-7-6-8-19(13-18)40-26-20-14-22(37-11-9-35-4)23(38-12-10-36-5)15-21(20)29-17-30-26;/h6-8,13-17H,9-12H2,1-5H3,(H2,31,32,33,34);1H. The zero-order chi connectivity index (χ0) is 28.5. The van der Waals surface area contributed by atoms with Crippen molar-refractivity contribution < 1.29 is 28.3 Å². The third-order valence-electron chi connectivity index (χ3n) is 5.55. The zero-order valence-electron chi connectivity index (χ0n) is 23.6. The van der Waals surface area contributed by atoms with Gasteiger partial charge >= 0.3 is 6.03 Å². The summed E-state index contributed by atoms with van der Waals surface area (Å²) in [6, 6.07) is 12.4. The van der Waals surface area contributed by atoms with Crippen LogP contribution in [-0.4, -0.2) is 61.8 Å². The van der Waals surface area contributed by atoms with Crippen molar-refractivity contribution >= 4 is 52.6 Å². The second-order valence-electron chi connectivity index (χ2n) is 9.71. The predicted octanol–water partition coefficient (Wildman–Crippen LogP) is 6.18. The molecule has 4 rings (SSSR count). The summed E-state index contributed by atoms with van der Waals surface area (Å²) >= 11 is 1.44. The summed E-state index contributed by atoms with van der Waals surface area (Å²) in [7, 11) is 3.23. The molecule has 0 atom stereocenters. The van der Waals surface area contributed by atoms with Crippen LogP contribution in [0.3, 0.4) is 0 Å². The summed E-state index contributed by atoms with van der Waals surface area (Å²) < 4.78 is 27.4. The molecule has 0 aliphatic carbocycles. The quantitative estimate of drug-likeness (QED) is 0.143. The van der Waals surface area contributed by atoms with Gasteiger partial charge in [-0.05, 0) is 24.3 Å². The smallest absolute Gasteiger partial charge is 0.324 e. The van der Waals surface area contributed by atoms with E-state index in [1.54, 1.807) is 26.4 Å². The first-order valence-corrected chi connectivity index (χ1v) is 13.4. The number of aromatic nitrogens is 3. The van der Waals surface area contributed by atoms with Crippen molar-refractivity contribution in [3.05, 3.63) is 54.6 Å². The molecule has 2 N–H and O–H groups in total. The number of benzene rings is 2. The van der Waals surface area contributed by atoms with E-state index in [0.717, 1.165) is 15.3 Å². The van der Waals surface area contributed by atoms with E-state index in [0.29, 0.717) is 60.7 Å². The molecule has 2 aromatic carbocycles. The number of methoxy groups -OCH3 is 2. The number of fused-ring (bicyclic) bond motifs is 1. The minimum absolute atomic E-state index is 0. The minimum Gasteiger partial charge on any atom is -0.487 e. The Morgan fingerprint density at radius 3 is 2.29 bits per heavy atom. The Kier molecular flexibility index (Phi) is 11.6. The molecule has 0 spiro atoms. The van der Waals surface area contributed by atoms with Crippen molar-refractivity contribution in [2.75, 3.05) is 51.3 Å². The second kappa shape index (κ2) is 14.9. The highest BCUT2D eigenvalue weighted by Crippen LogP contribution is 2.38. The van der Waals surface area contributed by atoms with Crippen LogP contribution in [0.15, 0.2) is 63.2 Å². The zero-order valence-corrected chi connectivity index (χ0v) is 25.2. The van der Waals surface area contributed by atoms with Gasteiger partial charge in [0, 0.05) is 47.7 Å². The van der Waals surface area contributed by atoms with Gasteiger partial charge in [0.25, 0.3) is 0 Å². The maximum absolute atomic E-state index is 12.6. The molecule has 0 radical (unpaired) electrons. The van der Waals surface area contributed by atoms with E-state index in [9.17, 15) is 4.79 Å². The molecule has 2 amide bonds. The maximum atomic E-state index is 12.6. The molecule has 220 valence electrons. The van der Waals surface area contributed by atoms with Gasteiger partial charge in [0.15, 0.2) is 17.3 Å². The third kappa shape index (κ3) is 8.95. The van der Waals surface area contributed by atoms with Gasteiger partial charge in [-0.25, -0.2) is 14.8 Å². The van der Waals surface area contributed by atoms with Gasteiger partial charge in [0.1, 0.15) is 30.3 Å². The highest BCUT2D eigenvalue weighted by Gasteiger charge is 2.20. The number of nitrogens with one attached hydrogen (secondary N) is 2. The average Bonchev–Trinajstić information content (AvgIpc) is 3.39. The van der Waals surface area contributed by atoms with E-state index in [1.165, 1.54) is 18.1 Å². The summed E-state index contributed by atoms with van der Waals surface area (Å²) in [6.45, 7) is 7.63. The molecule has 4 aromatic rings. The lowest BCUT2D eigenvalue weighted by Crippen LogP contribution is -2.19. The van der Waals surface area contributed by atoms with E-state index in [2.05, 4.69) is 25.8 Å². The molecular formula is C28H34ClN5O6S. The average molecular weight is 604 g/mol. The number of urea groups is 1. The Morgan fingerprint density at radius 2 is 1.63 bits per heavy atom. The van der Waals surface area contributed by atoms with Crippen LogP contribution < -0.4 is 20.1 Å². The van der Waals surface area contributed by atoms with E-state index >= 15 is 0 Å². The van der Waals surface area contributed by atoms with Crippen molar-refractivity contribution in [2.45, 2.75) is 36.1 Å². The van der Waals surface area contributed by atoms with Crippen LogP contribution in [0.25, 0.3) is 10.9 Å². The largest absolute Gasteiger partial charge is 0.487 e. The summed E-state index contributed by atoms with van der Waals surface area (Å²) in [5.74, 6) is 2.15. The van der Waals surface area contributed by atoms with Crippen LogP contribution in [0, 0.1) is 0 Å². The van der Waals surface area contributed by atoms with E-state index in [-0.39, 0.29) is 17.8 Å². The monoisotopic (exact) mass is 603 g/mol. The lowest BCUT2D eigenvalue weighted by molar-refractivity contribution is 0.132. The molecule has 0 unspecified atom stereocenters. The van der Waals surface area contributed by atoms with Crippen molar-refractivity contribution in [2.24, 2.45) is 0 Å². The summed E-state index contributed by atoms with van der Waals surface area (Å²) in [6.07, 6.45) is 1.51. The van der Waals surface area contributed by atoms with Crippen LogP contribution in [0.5, 0.6) is 11.5 Å². The molecule has 0 saturated carbocycles. The SMILES string of the molecule is COCCOc1cc2ncnc(Sc3cccc(NC(=O)Nc4cc(C(C)(C)C)on4)c3)c2cc1OCCOC.Cl. The number of rotatable bonds is 12. The van der Waals surface area contributed by atoms with Crippen molar-refractivity contribution in [1.82, 2.24) is 15.1 Å². The number of ether oxygens (including phenoxy) is 4. The van der Waals surface area contributed by atoms with Gasteiger partial charge in [0.2, 0.25) is 0 Å². The fourth-order valence-corrected chi connectivity index (χ4v) is 4.46. The highest BCUT2D eigenvalue weighted by molar-refractivity contribution is 7.99. The Labute approximate surface area is 249 Å². The molecule has 0 fully saturated rings. The van der Waals surface area contributed by atoms with E-state index in [4.69, 9.17) is 23.5 Å². The number of hydrogen-bond acceptors (Lipinski definition) is 10. The summed E-state index contributed by atoms with van der Waals surface area (Å²) in [4.78, 5) is 22.4. The van der Waals surface area contributed by atoms with Crippen molar-refractivity contribution in [3.8, 4) is 11.5 Å². The number of carbonyl (C=O) groups is 1. The molecule has 41 heavy (non-hydrogen) atoms. The van der Waals surface area contributed by atoms with Crippen LogP contribution in [0.2, 0.25) is 0 Å². The first-order chi connectivity index (χ1) is 19.3. The molecule has 13 heteroatoms. The van der Waals surface area contributed by atoms with Gasteiger partial charge < -0.3 is 28.8 Å². The van der Waals surface area contributed by atoms with Gasteiger partial charge in [-0.2, -0.15) is 0 Å². The fraction of sp³-hybridized carbons (Fsp3) is 0.357. The number of hydrogen-bond donors (Lipinski definition) is 2. The first-order valence-electron chi connectivity index (χ1n) is 12.6. The molecule has 0 aliphatic rings. The van der Waals surface area contributed by atoms with Crippen molar-refractivity contribution in [1.29, 1.82) is 0 Å².